The van der Waals surface area contributed by atoms with Gasteiger partial charge in [0, 0.05) is 6.08 Å². The van der Waals surface area contributed by atoms with Crippen LogP contribution in [0.2, 0.25) is 0 Å². The maximum Gasteiger partial charge on any atom is 0.328 e. The van der Waals surface area contributed by atoms with Crippen LogP contribution < -0.4 is 0 Å². The molecule has 0 radical (unpaired) electrons. The SMILES string of the molecule is N#Cc1ccc(/C=C/C(=O)O)cc1. The molecule has 13 heavy (non-hydrogen) atoms. The Kier molecular flexibility index (Phi) is 2.82. The Balaban J connectivity index is 2.82. The summed E-state index contributed by atoms with van der Waals surface area (Å²) in [5, 5.41) is 16.8. The van der Waals surface area contributed by atoms with Crippen molar-refractivity contribution >= 4 is 12.0 Å². The van der Waals surface area contributed by atoms with Gasteiger partial charge < -0.3 is 5.11 Å². The van der Waals surface area contributed by atoms with E-state index in [-0.39, 0.29) is 0 Å². The lowest BCUT2D eigenvalue weighted by Gasteiger charge is -1.91. The van der Waals surface area contributed by atoms with Crippen molar-refractivity contribution in [2.75, 3.05) is 0 Å². The number of carboxylic acid groups (broad SMARTS) is 1. The summed E-state index contributed by atoms with van der Waals surface area (Å²) in [6, 6.07) is 8.64. The van der Waals surface area contributed by atoms with Gasteiger partial charge in [-0.05, 0) is 23.8 Å². The van der Waals surface area contributed by atoms with Gasteiger partial charge in [0.2, 0.25) is 0 Å². The van der Waals surface area contributed by atoms with Crippen LogP contribution in [0.5, 0.6) is 0 Å². The number of nitrogens with zero attached hydrogens (tertiary/aromatic N) is 1. The van der Waals surface area contributed by atoms with Gasteiger partial charge in [0.1, 0.15) is 0 Å². The first-order chi connectivity index (χ1) is 6.22. The maximum atomic E-state index is 10.2. The molecule has 1 N–H and O–H groups in total. The van der Waals surface area contributed by atoms with Crippen LogP contribution in [0.15, 0.2) is 30.3 Å². The Labute approximate surface area is 75.5 Å². The molecular formula is C10H7NO2. The number of carboxylic acids is 1. The third-order valence-corrected chi connectivity index (χ3v) is 1.46. The predicted octanol–water partition coefficient (Wildman–Crippen LogP) is 1.66. The summed E-state index contributed by atoms with van der Waals surface area (Å²) in [6.07, 6.45) is 2.53. The van der Waals surface area contributed by atoms with Crippen LogP contribution in [0.3, 0.4) is 0 Å². The average Bonchev–Trinajstić information content (AvgIpc) is 2.15. The molecule has 0 heterocycles. The molecule has 0 amide bonds. The summed E-state index contributed by atoms with van der Waals surface area (Å²) < 4.78 is 0. The third kappa shape index (κ3) is 2.80. The highest BCUT2D eigenvalue weighted by molar-refractivity contribution is 5.85. The van der Waals surface area contributed by atoms with E-state index in [0.29, 0.717) is 5.56 Å². The zero-order chi connectivity index (χ0) is 9.68. The number of rotatable bonds is 2. The van der Waals surface area contributed by atoms with Gasteiger partial charge in [-0.3, -0.25) is 0 Å². The molecule has 0 saturated heterocycles. The monoisotopic (exact) mass is 173 g/mol. The molecule has 0 aliphatic rings. The first-order valence-corrected chi connectivity index (χ1v) is 3.63. The van der Waals surface area contributed by atoms with E-state index in [0.717, 1.165) is 11.6 Å². The number of nitriles is 1. The van der Waals surface area contributed by atoms with Crippen molar-refractivity contribution in [2.24, 2.45) is 0 Å². The van der Waals surface area contributed by atoms with E-state index in [9.17, 15) is 4.79 Å². The van der Waals surface area contributed by atoms with Gasteiger partial charge in [0.15, 0.2) is 0 Å². The second-order valence-corrected chi connectivity index (χ2v) is 2.41. The summed E-state index contributed by atoms with van der Waals surface area (Å²) in [5.74, 6) is -0.982. The van der Waals surface area contributed by atoms with E-state index in [2.05, 4.69) is 0 Å². The highest BCUT2D eigenvalue weighted by Gasteiger charge is 1.90. The number of aliphatic carboxylic acids is 1. The highest BCUT2D eigenvalue weighted by atomic mass is 16.4. The lowest BCUT2D eigenvalue weighted by molar-refractivity contribution is -0.131. The van der Waals surface area contributed by atoms with Crippen molar-refractivity contribution in [3.05, 3.63) is 41.5 Å². The van der Waals surface area contributed by atoms with Crippen LogP contribution in [0.4, 0.5) is 0 Å². The molecule has 1 rings (SSSR count). The molecule has 0 aromatic heterocycles. The van der Waals surface area contributed by atoms with Crippen molar-refractivity contribution in [3.8, 4) is 6.07 Å². The van der Waals surface area contributed by atoms with E-state index in [4.69, 9.17) is 10.4 Å². The van der Waals surface area contributed by atoms with Crippen molar-refractivity contribution in [3.63, 3.8) is 0 Å². The fourth-order valence-corrected chi connectivity index (χ4v) is 0.836. The molecule has 3 heteroatoms. The van der Waals surface area contributed by atoms with Crippen LogP contribution in [0.25, 0.3) is 6.08 Å². The van der Waals surface area contributed by atoms with Gasteiger partial charge in [0.25, 0.3) is 0 Å². The summed E-state index contributed by atoms with van der Waals surface area (Å²) in [7, 11) is 0. The summed E-state index contributed by atoms with van der Waals surface area (Å²) in [4.78, 5) is 10.2. The highest BCUT2D eigenvalue weighted by Crippen LogP contribution is 2.04. The Hall–Kier alpha value is -2.08. The summed E-state index contributed by atoms with van der Waals surface area (Å²) in [5.41, 5.74) is 1.33. The largest absolute Gasteiger partial charge is 0.478 e. The topological polar surface area (TPSA) is 61.1 Å². The molecule has 1 aromatic rings. The normalized spacial score (nSPS) is 9.77. The van der Waals surface area contributed by atoms with Gasteiger partial charge >= 0.3 is 5.97 Å². The Morgan fingerprint density at radius 1 is 1.38 bits per heavy atom. The van der Waals surface area contributed by atoms with Crippen LogP contribution in [-0.4, -0.2) is 11.1 Å². The molecule has 0 atom stereocenters. The van der Waals surface area contributed by atoms with Crippen LogP contribution in [-0.2, 0) is 4.79 Å². The molecule has 0 fully saturated rings. The molecule has 64 valence electrons. The van der Waals surface area contributed by atoms with E-state index >= 15 is 0 Å². The molecule has 0 saturated carbocycles. The minimum Gasteiger partial charge on any atom is -0.478 e. The van der Waals surface area contributed by atoms with E-state index in [1.165, 1.54) is 6.08 Å². The van der Waals surface area contributed by atoms with Crippen LogP contribution in [0.1, 0.15) is 11.1 Å². The quantitative estimate of drug-likeness (QED) is 0.692. The van der Waals surface area contributed by atoms with E-state index < -0.39 is 5.97 Å². The summed E-state index contributed by atoms with van der Waals surface area (Å²) >= 11 is 0. The fraction of sp³-hybridized carbons (Fsp3) is 0. The van der Waals surface area contributed by atoms with Crippen molar-refractivity contribution < 1.29 is 9.90 Å². The number of hydrogen-bond acceptors (Lipinski definition) is 2. The van der Waals surface area contributed by atoms with Crippen LogP contribution >= 0.6 is 0 Å². The standard InChI is InChI=1S/C10H7NO2/c11-7-9-3-1-8(2-4-9)5-6-10(12)13/h1-6H,(H,12,13)/b6-5+. The van der Waals surface area contributed by atoms with E-state index in [1.807, 2.05) is 6.07 Å². The lowest BCUT2D eigenvalue weighted by atomic mass is 10.1. The maximum absolute atomic E-state index is 10.2. The zero-order valence-corrected chi connectivity index (χ0v) is 6.77. The second kappa shape index (κ2) is 4.07. The molecule has 0 aliphatic carbocycles. The summed E-state index contributed by atoms with van der Waals surface area (Å²) in [6.45, 7) is 0. The third-order valence-electron chi connectivity index (χ3n) is 1.46. The van der Waals surface area contributed by atoms with Crippen LogP contribution in [0, 0.1) is 11.3 Å². The number of benzene rings is 1. The van der Waals surface area contributed by atoms with E-state index in [1.54, 1.807) is 24.3 Å². The fourth-order valence-electron chi connectivity index (χ4n) is 0.836. The smallest absolute Gasteiger partial charge is 0.328 e. The molecule has 0 aliphatic heterocycles. The van der Waals surface area contributed by atoms with Gasteiger partial charge in [-0.2, -0.15) is 5.26 Å². The Bertz CT molecular complexity index is 371. The Morgan fingerprint density at radius 2 is 2.00 bits per heavy atom. The van der Waals surface area contributed by atoms with Crippen molar-refractivity contribution in [1.82, 2.24) is 0 Å². The molecule has 1 aromatic carbocycles. The van der Waals surface area contributed by atoms with Gasteiger partial charge in [-0.25, -0.2) is 4.79 Å². The average molecular weight is 173 g/mol. The molecular weight excluding hydrogens is 166 g/mol. The van der Waals surface area contributed by atoms with Gasteiger partial charge in [-0.15, -0.1) is 0 Å². The zero-order valence-electron chi connectivity index (χ0n) is 6.77. The lowest BCUT2D eigenvalue weighted by Crippen LogP contribution is -1.85. The molecule has 0 unspecified atom stereocenters. The van der Waals surface area contributed by atoms with Crippen molar-refractivity contribution in [1.29, 1.82) is 5.26 Å². The predicted molar refractivity (Wildman–Crippen MR) is 47.8 cm³/mol. The number of carbonyl (C=O) groups is 1. The number of hydrogen-bond donors (Lipinski definition) is 1. The molecule has 3 nitrogen and oxygen atoms in total. The Morgan fingerprint density at radius 3 is 2.46 bits per heavy atom. The second-order valence-electron chi connectivity index (χ2n) is 2.41. The van der Waals surface area contributed by atoms with Gasteiger partial charge in [-0.1, -0.05) is 12.1 Å². The molecule has 0 spiro atoms. The van der Waals surface area contributed by atoms with Crippen molar-refractivity contribution in [2.45, 2.75) is 0 Å². The first kappa shape index (κ1) is 9.01. The van der Waals surface area contributed by atoms with Gasteiger partial charge in [0.05, 0.1) is 11.6 Å². The molecule has 0 bridgehead atoms. The minimum atomic E-state index is -0.982. The first-order valence-electron chi connectivity index (χ1n) is 3.63. The minimum absolute atomic E-state index is 0.562.